The van der Waals surface area contributed by atoms with Gasteiger partial charge in [0, 0.05) is 24.7 Å². The van der Waals surface area contributed by atoms with Crippen molar-refractivity contribution in [3.05, 3.63) is 29.8 Å². The topological polar surface area (TPSA) is 85.2 Å². The minimum Gasteiger partial charge on any atom is -0.374 e. The SMILES string of the molecule is CCN1CC[C@@H](NC(=O)c2cccc(N3N=C(C)[C@](O)(CC)C3=O)c2)C1. The van der Waals surface area contributed by atoms with Crippen LogP contribution in [-0.4, -0.2) is 58.8 Å². The second-order valence-corrected chi connectivity index (χ2v) is 6.92. The summed E-state index contributed by atoms with van der Waals surface area (Å²) in [4.78, 5) is 27.4. The van der Waals surface area contributed by atoms with Crippen molar-refractivity contribution in [1.29, 1.82) is 0 Å². The minimum absolute atomic E-state index is 0.143. The number of likely N-dealkylation sites (N-methyl/N-ethyl adjacent to an activating group) is 1. The van der Waals surface area contributed by atoms with Crippen LogP contribution in [0.1, 0.15) is 44.0 Å². The molecule has 26 heavy (non-hydrogen) atoms. The molecule has 140 valence electrons. The van der Waals surface area contributed by atoms with Gasteiger partial charge < -0.3 is 15.3 Å². The molecule has 2 amide bonds. The molecule has 1 aromatic carbocycles. The predicted molar refractivity (Wildman–Crippen MR) is 100 cm³/mol. The molecule has 0 saturated carbocycles. The lowest BCUT2D eigenvalue weighted by Crippen LogP contribution is -2.45. The highest BCUT2D eigenvalue weighted by Gasteiger charge is 2.46. The summed E-state index contributed by atoms with van der Waals surface area (Å²) in [6, 6.07) is 6.93. The standard InChI is InChI=1S/C19H26N4O3/c1-4-19(26)13(3)21-23(18(19)25)16-8-6-7-14(11-16)17(24)20-15-9-10-22(5-2)12-15/h6-8,11,15,26H,4-5,9-10,12H2,1-3H3,(H,20,24)/t15-,19-/m1/s1. The third-order valence-corrected chi connectivity index (χ3v) is 5.31. The molecule has 0 unspecified atom stereocenters. The highest BCUT2D eigenvalue weighted by molar-refractivity contribution is 6.21. The second kappa shape index (κ2) is 7.17. The Hall–Kier alpha value is -2.25. The zero-order valence-corrected chi connectivity index (χ0v) is 15.5. The number of hydrazone groups is 1. The van der Waals surface area contributed by atoms with Crippen LogP contribution in [0.15, 0.2) is 29.4 Å². The first-order valence-corrected chi connectivity index (χ1v) is 9.15. The zero-order valence-electron chi connectivity index (χ0n) is 15.5. The number of anilines is 1. The Labute approximate surface area is 153 Å². The number of amides is 2. The lowest BCUT2D eigenvalue weighted by atomic mass is 9.95. The van der Waals surface area contributed by atoms with E-state index in [0.29, 0.717) is 17.0 Å². The lowest BCUT2D eigenvalue weighted by molar-refractivity contribution is -0.129. The van der Waals surface area contributed by atoms with Crippen molar-refractivity contribution in [3.63, 3.8) is 0 Å². The van der Waals surface area contributed by atoms with Crippen molar-refractivity contribution in [1.82, 2.24) is 10.2 Å². The van der Waals surface area contributed by atoms with Crippen molar-refractivity contribution in [2.75, 3.05) is 24.6 Å². The molecule has 0 aromatic heterocycles. The number of carbonyl (C=O) groups is 2. The molecule has 0 bridgehead atoms. The smallest absolute Gasteiger partial charge is 0.285 e. The highest BCUT2D eigenvalue weighted by atomic mass is 16.3. The van der Waals surface area contributed by atoms with Gasteiger partial charge in [-0.1, -0.05) is 19.9 Å². The third kappa shape index (κ3) is 3.24. The summed E-state index contributed by atoms with van der Waals surface area (Å²) >= 11 is 0. The van der Waals surface area contributed by atoms with Crippen LogP contribution in [-0.2, 0) is 4.79 Å². The van der Waals surface area contributed by atoms with E-state index in [9.17, 15) is 14.7 Å². The fourth-order valence-electron chi connectivity index (χ4n) is 3.48. The molecule has 7 nitrogen and oxygen atoms in total. The summed E-state index contributed by atoms with van der Waals surface area (Å²) in [5, 5.41) is 18.9. The molecule has 2 aliphatic rings. The van der Waals surface area contributed by atoms with Crippen molar-refractivity contribution >= 4 is 23.2 Å². The fraction of sp³-hybridized carbons (Fsp3) is 0.526. The summed E-state index contributed by atoms with van der Waals surface area (Å²) < 4.78 is 0. The summed E-state index contributed by atoms with van der Waals surface area (Å²) in [7, 11) is 0. The molecule has 2 atom stereocenters. The quantitative estimate of drug-likeness (QED) is 0.833. The van der Waals surface area contributed by atoms with E-state index in [1.165, 1.54) is 5.01 Å². The van der Waals surface area contributed by atoms with E-state index < -0.39 is 11.5 Å². The van der Waals surface area contributed by atoms with Crippen LogP contribution in [0.25, 0.3) is 0 Å². The average molecular weight is 358 g/mol. The summed E-state index contributed by atoms with van der Waals surface area (Å²) in [6.45, 7) is 8.33. The van der Waals surface area contributed by atoms with Crippen molar-refractivity contribution in [3.8, 4) is 0 Å². The van der Waals surface area contributed by atoms with Gasteiger partial charge in [0.05, 0.1) is 11.4 Å². The largest absolute Gasteiger partial charge is 0.374 e. The lowest BCUT2D eigenvalue weighted by Gasteiger charge is -2.20. The van der Waals surface area contributed by atoms with E-state index in [0.717, 1.165) is 26.1 Å². The number of hydrogen-bond donors (Lipinski definition) is 2. The van der Waals surface area contributed by atoms with Crippen LogP contribution >= 0.6 is 0 Å². The number of nitrogens with one attached hydrogen (secondary N) is 1. The number of rotatable bonds is 5. The van der Waals surface area contributed by atoms with Gasteiger partial charge in [-0.3, -0.25) is 9.59 Å². The molecule has 7 heteroatoms. The van der Waals surface area contributed by atoms with Crippen LogP contribution < -0.4 is 10.3 Å². The maximum atomic E-state index is 12.6. The van der Waals surface area contributed by atoms with Gasteiger partial charge in [0.1, 0.15) is 0 Å². The number of carbonyl (C=O) groups excluding carboxylic acids is 2. The van der Waals surface area contributed by atoms with Crippen LogP contribution in [0.2, 0.25) is 0 Å². The molecule has 0 aliphatic carbocycles. The molecular weight excluding hydrogens is 332 g/mol. The number of likely N-dealkylation sites (tertiary alicyclic amines) is 1. The van der Waals surface area contributed by atoms with E-state index in [1.54, 1.807) is 38.1 Å². The molecule has 1 saturated heterocycles. The normalized spacial score (nSPS) is 26.3. The van der Waals surface area contributed by atoms with E-state index in [4.69, 9.17) is 0 Å². The van der Waals surface area contributed by atoms with Crippen LogP contribution in [0.4, 0.5) is 5.69 Å². The Morgan fingerprint density at radius 1 is 1.42 bits per heavy atom. The van der Waals surface area contributed by atoms with Gasteiger partial charge >= 0.3 is 0 Å². The molecule has 1 aromatic rings. The maximum Gasteiger partial charge on any atom is 0.285 e. The monoisotopic (exact) mass is 358 g/mol. The van der Waals surface area contributed by atoms with E-state index in [-0.39, 0.29) is 18.4 Å². The molecular formula is C19H26N4O3. The third-order valence-electron chi connectivity index (χ3n) is 5.31. The predicted octanol–water partition coefficient (Wildman–Crippen LogP) is 1.37. The maximum absolute atomic E-state index is 12.6. The second-order valence-electron chi connectivity index (χ2n) is 6.92. The average Bonchev–Trinajstić information content (AvgIpc) is 3.20. The highest BCUT2D eigenvalue weighted by Crippen LogP contribution is 2.29. The van der Waals surface area contributed by atoms with Gasteiger partial charge in [-0.05, 0) is 44.5 Å². The van der Waals surface area contributed by atoms with Crippen LogP contribution in [0.3, 0.4) is 0 Å². The van der Waals surface area contributed by atoms with Gasteiger partial charge in [0.15, 0.2) is 5.60 Å². The van der Waals surface area contributed by atoms with Crippen LogP contribution in [0, 0.1) is 0 Å². The summed E-state index contributed by atoms with van der Waals surface area (Å²) in [6.07, 6.45) is 1.20. The van der Waals surface area contributed by atoms with E-state index in [2.05, 4.69) is 22.2 Å². The van der Waals surface area contributed by atoms with E-state index >= 15 is 0 Å². The van der Waals surface area contributed by atoms with Gasteiger partial charge in [-0.15, -0.1) is 0 Å². The van der Waals surface area contributed by atoms with Gasteiger partial charge in [0.2, 0.25) is 0 Å². The van der Waals surface area contributed by atoms with Crippen LogP contribution in [0.5, 0.6) is 0 Å². The molecule has 1 fully saturated rings. The Bertz CT molecular complexity index is 748. The number of aliphatic hydroxyl groups is 1. The molecule has 3 rings (SSSR count). The first-order chi connectivity index (χ1) is 12.4. The fourth-order valence-corrected chi connectivity index (χ4v) is 3.48. The van der Waals surface area contributed by atoms with Crippen molar-refractivity contribution in [2.24, 2.45) is 5.10 Å². The van der Waals surface area contributed by atoms with Crippen molar-refractivity contribution in [2.45, 2.75) is 45.3 Å². The molecule has 0 radical (unpaired) electrons. The summed E-state index contributed by atoms with van der Waals surface area (Å²) in [5.41, 5.74) is -0.241. The molecule has 2 N–H and O–H groups in total. The zero-order chi connectivity index (χ0) is 18.9. The number of nitrogens with zero attached hydrogens (tertiary/aromatic N) is 3. The Balaban J connectivity index is 1.75. The minimum atomic E-state index is -1.56. The molecule has 0 spiro atoms. The van der Waals surface area contributed by atoms with E-state index in [1.807, 2.05) is 0 Å². The Morgan fingerprint density at radius 2 is 2.19 bits per heavy atom. The Kier molecular flexibility index (Phi) is 5.11. The number of benzene rings is 1. The molecule has 2 aliphatic heterocycles. The first kappa shape index (κ1) is 18.5. The van der Waals surface area contributed by atoms with Gasteiger partial charge in [-0.25, -0.2) is 0 Å². The Morgan fingerprint density at radius 3 is 2.81 bits per heavy atom. The van der Waals surface area contributed by atoms with Gasteiger partial charge in [-0.2, -0.15) is 10.1 Å². The first-order valence-electron chi connectivity index (χ1n) is 9.15. The van der Waals surface area contributed by atoms with Gasteiger partial charge in [0.25, 0.3) is 11.8 Å². The van der Waals surface area contributed by atoms with Crippen molar-refractivity contribution < 1.29 is 14.7 Å². The molecule has 2 heterocycles. The summed E-state index contributed by atoms with van der Waals surface area (Å²) in [5.74, 6) is -0.641. The number of hydrogen-bond acceptors (Lipinski definition) is 5.